The van der Waals surface area contributed by atoms with Gasteiger partial charge in [0.05, 0.1) is 6.61 Å². The Morgan fingerprint density at radius 2 is 2.11 bits per heavy atom. The molecule has 0 spiro atoms. The highest BCUT2D eigenvalue weighted by atomic mass is 35.5. The minimum Gasteiger partial charge on any atom is -0.347 e. The number of allylic oxidation sites excluding steroid dienone is 2. The van der Waals surface area contributed by atoms with E-state index in [4.69, 9.17) is 44.3 Å². The Labute approximate surface area is 127 Å². The number of ether oxygens (including phenoxy) is 2. The van der Waals surface area contributed by atoms with Crippen molar-refractivity contribution in [1.29, 1.82) is 0 Å². The van der Waals surface area contributed by atoms with Crippen LogP contribution in [0.25, 0.3) is 0 Å². The van der Waals surface area contributed by atoms with Crippen molar-refractivity contribution in [3.8, 4) is 0 Å². The van der Waals surface area contributed by atoms with Gasteiger partial charge in [0.25, 0.3) is 0 Å². The molecule has 1 aliphatic carbocycles. The van der Waals surface area contributed by atoms with Crippen molar-refractivity contribution >= 4 is 40.6 Å². The number of rotatable bonds is 6. The number of alkyl halides is 1. The Morgan fingerprint density at radius 3 is 2.58 bits per heavy atom. The van der Waals surface area contributed by atoms with Crippen LogP contribution >= 0.6 is 34.8 Å². The van der Waals surface area contributed by atoms with E-state index in [1.54, 1.807) is 0 Å². The van der Waals surface area contributed by atoms with E-state index in [0.717, 1.165) is 0 Å². The predicted molar refractivity (Wildman–Crippen MR) is 76.5 cm³/mol. The van der Waals surface area contributed by atoms with Crippen LogP contribution < -0.4 is 0 Å². The Balaban J connectivity index is 3.32. The van der Waals surface area contributed by atoms with Crippen molar-refractivity contribution in [3.63, 3.8) is 0 Å². The van der Waals surface area contributed by atoms with Crippen molar-refractivity contribution in [2.75, 3.05) is 13.7 Å². The average Bonchev–Trinajstić information content (AvgIpc) is 2.53. The lowest BCUT2D eigenvalue weighted by molar-refractivity contribution is -0.201. The molecule has 0 aliphatic heterocycles. The molecule has 0 aromatic rings. The summed E-state index contributed by atoms with van der Waals surface area (Å²) in [6.45, 7) is 7.04. The zero-order valence-electron chi connectivity index (χ0n) is 10.3. The summed E-state index contributed by atoms with van der Waals surface area (Å²) in [5, 5.41) is -0.265. The van der Waals surface area contributed by atoms with Gasteiger partial charge in [-0.3, -0.25) is 4.79 Å². The zero-order chi connectivity index (χ0) is 14.7. The van der Waals surface area contributed by atoms with Crippen LogP contribution in [-0.2, 0) is 14.3 Å². The van der Waals surface area contributed by atoms with Gasteiger partial charge in [0.2, 0.25) is 11.6 Å². The molecule has 0 fully saturated rings. The van der Waals surface area contributed by atoms with E-state index in [1.807, 2.05) is 0 Å². The van der Waals surface area contributed by atoms with Crippen LogP contribution in [-0.4, -0.2) is 30.2 Å². The van der Waals surface area contributed by atoms with E-state index in [-0.39, 0.29) is 23.1 Å². The number of hydrogen-bond donors (Lipinski definition) is 0. The molecule has 2 atom stereocenters. The van der Waals surface area contributed by atoms with Crippen LogP contribution in [0.1, 0.15) is 6.42 Å². The van der Waals surface area contributed by atoms with E-state index >= 15 is 0 Å². The molecule has 3 nitrogen and oxygen atoms in total. The molecule has 1 aliphatic rings. The van der Waals surface area contributed by atoms with Gasteiger partial charge in [0.1, 0.15) is 10.1 Å². The second kappa shape index (κ2) is 6.27. The lowest BCUT2D eigenvalue weighted by atomic mass is 9.94. The lowest BCUT2D eigenvalue weighted by Crippen LogP contribution is -2.54. The molecule has 6 heteroatoms. The van der Waals surface area contributed by atoms with Gasteiger partial charge in [-0.25, -0.2) is 0 Å². The molecule has 0 N–H and O–H groups in total. The highest BCUT2D eigenvalue weighted by Gasteiger charge is 2.65. The van der Waals surface area contributed by atoms with Gasteiger partial charge in [0.15, 0.2) is 4.87 Å². The maximum Gasteiger partial charge on any atom is 0.235 e. The van der Waals surface area contributed by atoms with Crippen LogP contribution in [0.4, 0.5) is 0 Å². The first-order valence-corrected chi connectivity index (χ1v) is 6.48. The van der Waals surface area contributed by atoms with Gasteiger partial charge >= 0.3 is 0 Å². The van der Waals surface area contributed by atoms with Crippen molar-refractivity contribution in [3.05, 3.63) is 41.1 Å². The lowest BCUT2D eigenvalue weighted by Gasteiger charge is -2.38. The van der Waals surface area contributed by atoms with Crippen LogP contribution in [0, 0.1) is 0 Å². The minimum atomic E-state index is -1.65. The molecule has 0 heterocycles. The monoisotopic (exact) mass is 322 g/mol. The fourth-order valence-corrected chi connectivity index (χ4v) is 3.06. The largest absolute Gasteiger partial charge is 0.347 e. The fourth-order valence-electron chi connectivity index (χ4n) is 1.87. The van der Waals surface area contributed by atoms with E-state index in [2.05, 4.69) is 18.9 Å². The average molecular weight is 324 g/mol. The van der Waals surface area contributed by atoms with Crippen LogP contribution in [0.2, 0.25) is 0 Å². The van der Waals surface area contributed by atoms with Gasteiger partial charge in [-0.05, 0) is 12.5 Å². The third-order valence-corrected chi connectivity index (χ3v) is 4.26. The maximum atomic E-state index is 12.2. The predicted octanol–water partition coefficient (Wildman–Crippen LogP) is 3.51. The summed E-state index contributed by atoms with van der Waals surface area (Å²) in [6, 6.07) is 0. The molecule has 1 rings (SSSR count). The highest BCUT2D eigenvalue weighted by molar-refractivity contribution is 6.57. The minimum absolute atomic E-state index is 0.0661. The molecule has 0 saturated carbocycles. The topological polar surface area (TPSA) is 35.5 Å². The third kappa shape index (κ3) is 2.43. The smallest absolute Gasteiger partial charge is 0.235 e. The van der Waals surface area contributed by atoms with Crippen LogP contribution in [0.5, 0.6) is 0 Å². The maximum absolute atomic E-state index is 12.2. The number of ketones is 1. The van der Waals surface area contributed by atoms with Crippen LogP contribution in [0.15, 0.2) is 41.1 Å². The van der Waals surface area contributed by atoms with Crippen molar-refractivity contribution < 1.29 is 14.3 Å². The molecule has 104 valence electrons. The molecule has 0 radical (unpaired) electrons. The summed E-state index contributed by atoms with van der Waals surface area (Å²) >= 11 is 18.4. The number of Topliss-reactive ketones (excluding diaryl/α,β-unsaturated/α-hetero) is 1. The first-order chi connectivity index (χ1) is 8.91. The normalized spacial score (nSPS) is 30.4. The molecule has 0 aromatic carbocycles. The number of methoxy groups -OCH3 is 1. The number of hydrogen-bond acceptors (Lipinski definition) is 3. The molecular formula is C13H13Cl3O3. The van der Waals surface area contributed by atoms with E-state index in [9.17, 15) is 4.79 Å². The Kier molecular flexibility index (Phi) is 5.45. The van der Waals surface area contributed by atoms with E-state index in [0.29, 0.717) is 0 Å². The Hall–Kier alpha value is -0.540. The molecular weight excluding hydrogens is 310 g/mol. The third-order valence-electron chi connectivity index (χ3n) is 2.79. The van der Waals surface area contributed by atoms with Crippen molar-refractivity contribution in [1.82, 2.24) is 0 Å². The number of carbonyl (C=O) groups is 1. The zero-order valence-corrected chi connectivity index (χ0v) is 12.6. The summed E-state index contributed by atoms with van der Waals surface area (Å²) < 4.78 is 10.8. The van der Waals surface area contributed by atoms with Crippen LogP contribution in [0.3, 0.4) is 0 Å². The number of halogens is 3. The second-order valence-corrected chi connectivity index (χ2v) is 5.19. The van der Waals surface area contributed by atoms with Crippen molar-refractivity contribution in [2.45, 2.75) is 17.1 Å². The quantitative estimate of drug-likeness (QED) is 0.325. The van der Waals surface area contributed by atoms with Crippen molar-refractivity contribution in [2.24, 2.45) is 0 Å². The summed E-state index contributed by atoms with van der Waals surface area (Å²) in [4.78, 5) is 10.6. The summed E-state index contributed by atoms with van der Waals surface area (Å²) in [7, 11) is 1.34. The van der Waals surface area contributed by atoms with Gasteiger partial charge in [-0.1, -0.05) is 35.9 Å². The number of carbonyl (C=O) groups excluding carboxylic acids is 1. The first kappa shape index (κ1) is 16.5. The second-order valence-electron chi connectivity index (χ2n) is 3.79. The fraction of sp³-hybridized carbons (Fsp3) is 0.385. The van der Waals surface area contributed by atoms with Gasteiger partial charge in [-0.15, -0.1) is 23.9 Å². The highest BCUT2D eigenvalue weighted by Crippen LogP contribution is 2.53. The summed E-state index contributed by atoms with van der Waals surface area (Å²) in [6.07, 6.45) is 3.07. The summed E-state index contributed by atoms with van der Waals surface area (Å²) in [5.41, 5.74) is 2.53. The standard InChI is InChI=1S/C13H13Cl3O3/c1-4-6-8-19-13(18-3)10(15)9(14)11(17)12(13,16)7-5-2/h5-6H,1-2,7-8H2,3H3. The molecule has 19 heavy (non-hydrogen) atoms. The first-order valence-electron chi connectivity index (χ1n) is 5.35. The Bertz CT molecular complexity index is 480. The SMILES string of the molecule is C=C=CCOC1(OC)C(Cl)=C(Cl)C(=O)C1(Cl)CC=C. The molecule has 0 bridgehead atoms. The molecule has 0 amide bonds. The Morgan fingerprint density at radius 1 is 1.47 bits per heavy atom. The summed E-state index contributed by atoms with van der Waals surface area (Å²) in [5.74, 6) is -2.20. The van der Waals surface area contributed by atoms with Gasteiger partial charge in [0, 0.05) is 7.11 Å². The molecule has 0 aromatic heterocycles. The van der Waals surface area contributed by atoms with Gasteiger partial charge in [-0.2, -0.15) is 0 Å². The van der Waals surface area contributed by atoms with Gasteiger partial charge < -0.3 is 9.47 Å². The molecule has 0 saturated heterocycles. The molecule has 2 unspecified atom stereocenters. The van der Waals surface area contributed by atoms with E-state index in [1.165, 1.54) is 19.3 Å². The van der Waals surface area contributed by atoms with E-state index < -0.39 is 16.4 Å².